The van der Waals surface area contributed by atoms with Gasteiger partial charge in [0.05, 0.1) is 0 Å². The van der Waals surface area contributed by atoms with Gasteiger partial charge in [-0.2, -0.15) is 4.98 Å². The number of likely N-dealkylation sites (tertiary alicyclic amines) is 1. The minimum Gasteiger partial charge on any atom is -0.484 e. The molecule has 2 heterocycles. The SMILES string of the molecule is O=C(COc1ccc(Cl)cc1)N1CCCC1c1nc(-c2ccc(Cl)cc2)no1. The van der Waals surface area contributed by atoms with Crippen molar-refractivity contribution in [2.24, 2.45) is 0 Å². The van der Waals surface area contributed by atoms with Crippen molar-refractivity contribution >= 4 is 29.1 Å². The molecule has 1 fully saturated rings. The summed E-state index contributed by atoms with van der Waals surface area (Å²) in [7, 11) is 0. The molecule has 6 nitrogen and oxygen atoms in total. The molecule has 1 atom stereocenters. The van der Waals surface area contributed by atoms with Crippen LogP contribution in [0.1, 0.15) is 24.8 Å². The van der Waals surface area contributed by atoms with E-state index >= 15 is 0 Å². The predicted molar refractivity (Wildman–Crippen MR) is 105 cm³/mol. The van der Waals surface area contributed by atoms with E-state index in [-0.39, 0.29) is 18.6 Å². The van der Waals surface area contributed by atoms with Gasteiger partial charge < -0.3 is 14.2 Å². The lowest BCUT2D eigenvalue weighted by atomic mass is 10.2. The predicted octanol–water partition coefficient (Wildman–Crippen LogP) is 4.79. The molecular weight excluding hydrogens is 401 g/mol. The van der Waals surface area contributed by atoms with Gasteiger partial charge in [-0.05, 0) is 61.4 Å². The van der Waals surface area contributed by atoms with Crippen LogP contribution in [0.25, 0.3) is 11.4 Å². The molecule has 1 unspecified atom stereocenters. The summed E-state index contributed by atoms with van der Waals surface area (Å²) >= 11 is 11.8. The molecule has 0 radical (unpaired) electrons. The van der Waals surface area contributed by atoms with Crippen LogP contribution >= 0.6 is 23.2 Å². The van der Waals surface area contributed by atoms with Crippen molar-refractivity contribution in [3.05, 3.63) is 64.5 Å². The van der Waals surface area contributed by atoms with Crippen molar-refractivity contribution in [2.45, 2.75) is 18.9 Å². The van der Waals surface area contributed by atoms with Gasteiger partial charge in [-0.1, -0.05) is 28.4 Å². The minimum absolute atomic E-state index is 0.0592. The van der Waals surface area contributed by atoms with Gasteiger partial charge in [-0.3, -0.25) is 4.79 Å². The summed E-state index contributed by atoms with van der Waals surface area (Å²) in [5, 5.41) is 5.30. The van der Waals surface area contributed by atoms with Gasteiger partial charge in [0.1, 0.15) is 11.8 Å². The Morgan fingerprint density at radius 2 is 1.79 bits per heavy atom. The van der Waals surface area contributed by atoms with Crippen molar-refractivity contribution in [2.75, 3.05) is 13.2 Å². The van der Waals surface area contributed by atoms with Gasteiger partial charge in [0, 0.05) is 22.2 Å². The monoisotopic (exact) mass is 417 g/mol. The first kappa shape index (κ1) is 18.8. The first-order valence-corrected chi connectivity index (χ1v) is 9.63. The van der Waals surface area contributed by atoms with Crippen LogP contribution in [0.2, 0.25) is 10.0 Å². The highest BCUT2D eigenvalue weighted by Crippen LogP contribution is 2.32. The number of benzene rings is 2. The van der Waals surface area contributed by atoms with Crippen LogP contribution < -0.4 is 4.74 Å². The van der Waals surface area contributed by atoms with Gasteiger partial charge >= 0.3 is 0 Å². The quantitative estimate of drug-likeness (QED) is 0.596. The third-order valence-electron chi connectivity index (χ3n) is 4.58. The number of carbonyl (C=O) groups is 1. The highest BCUT2D eigenvalue weighted by molar-refractivity contribution is 6.30. The minimum atomic E-state index is -0.241. The number of amides is 1. The van der Waals surface area contributed by atoms with E-state index in [1.165, 1.54) is 0 Å². The lowest BCUT2D eigenvalue weighted by Crippen LogP contribution is -2.34. The second-order valence-corrected chi connectivity index (χ2v) is 7.32. The van der Waals surface area contributed by atoms with Gasteiger partial charge in [0.15, 0.2) is 6.61 Å². The van der Waals surface area contributed by atoms with E-state index in [1.807, 2.05) is 12.1 Å². The van der Waals surface area contributed by atoms with Gasteiger partial charge in [0.2, 0.25) is 11.7 Å². The summed E-state index contributed by atoms with van der Waals surface area (Å²) in [5.41, 5.74) is 0.807. The normalized spacial score (nSPS) is 16.4. The zero-order valence-corrected chi connectivity index (χ0v) is 16.4. The first-order valence-electron chi connectivity index (χ1n) is 8.87. The number of rotatable bonds is 5. The second kappa shape index (κ2) is 8.20. The van der Waals surface area contributed by atoms with Crippen LogP contribution in [-0.4, -0.2) is 34.1 Å². The second-order valence-electron chi connectivity index (χ2n) is 6.45. The van der Waals surface area contributed by atoms with E-state index in [0.29, 0.717) is 34.1 Å². The molecule has 0 N–H and O–H groups in total. The Balaban J connectivity index is 1.43. The highest BCUT2D eigenvalue weighted by atomic mass is 35.5. The zero-order valence-electron chi connectivity index (χ0n) is 14.8. The van der Waals surface area contributed by atoms with Crippen LogP contribution in [0.15, 0.2) is 53.1 Å². The average Bonchev–Trinajstić information content (AvgIpc) is 3.37. The molecule has 1 amide bonds. The molecule has 1 aliphatic rings. The Labute approximate surface area is 172 Å². The van der Waals surface area contributed by atoms with Gasteiger partial charge in [-0.25, -0.2) is 0 Å². The lowest BCUT2D eigenvalue weighted by Gasteiger charge is -2.21. The molecule has 1 aromatic heterocycles. The zero-order chi connectivity index (χ0) is 19.5. The maximum atomic E-state index is 12.7. The number of hydrogen-bond donors (Lipinski definition) is 0. The summed E-state index contributed by atoms with van der Waals surface area (Å²) in [4.78, 5) is 18.9. The summed E-state index contributed by atoms with van der Waals surface area (Å²) in [6, 6.07) is 13.9. The van der Waals surface area contributed by atoms with Crippen molar-refractivity contribution in [1.82, 2.24) is 15.0 Å². The number of nitrogens with zero attached hydrogens (tertiary/aromatic N) is 3. The standard InChI is InChI=1S/C20H17Cl2N3O3/c21-14-5-3-13(4-6-14)19-23-20(28-24-19)17-2-1-11-25(17)18(26)12-27-16-9-7-15(22)8-10-16/h3-10,17H,1-2,11-12H2. The molecular formula is C20H17Cl2N3O3. The average molecular weight is 418 g/mol. The Morgan fingerprint density at radius 3 is 2.50 bits per heavy atom. The third kappa shape index (κ3) is 4.13. The molecule has 28 heavy (non-hydrogen) atoms. The summed E-state index contributed by atoms with van der Waals surface area (Å²) < 4.78 is 11.0. The topological polar surface area (TPSA) is 68.5 Å². The summed E-state index contributed by atoms with van der Waals surface area (Å²) in [6.07, 6.45) is 1.64. The Hall–Kier alpha value is -2.57. The van der Waals surface area contributed by atoms with Crippen molar-refractivity contribution < 1.29 is 14.1 Å². The molecule has 144 valence electrons. The van der Waals surface area contributed by atoms with Crippen LogP contribution in [0.5, 0.6) is 5.75 Å². The lowest BCUT2D eigenvalue weighted by molar-refractivity contribution is -0.134. The molecule has 4 rings (SSSR count). The maximum absolute atomic E-state index is 12.7. The van der Waals surface area contributed by atoms with Crippen molar-refractivity contribution in [1.29, 1.82) is 0 Å². The Bertz CT molecular complexity index is 958. The van der Waals surface area contributed by atoms with Crippen LogP contribution in [0.3, 0.4) is 0 Å². The molecule has 3 aromatic rings. The number of ether oxygens (including phenoxy) is 1. The van der Waals surface area contributed by atoms with E-state index < -0.39 is 0 Å². The maximum Gasteiger partial charge on any atom is 0.261 e. The molecule has 0 saturated carbocycles. The van der Waals surface area contributed by atoms with E-state index in [1.54, 1.807) is 41.3 Å². The third-order valence-corrected chi connectivity index (χ3v) is 5.08. The van der Waals surface area contributed by atoms with Gasteiger partial charge in [0.25, 0.3) is 5.91 Å². The summed E-state index contributed by atoms with van der Waals surface area (Å²) in [5.74, 6) is 1.38. The smallest absolute Gasteiger partial charge is 0.261 e. The van der Waals surface area contributed by atoms with Crippen molar-refractivity contribution in [3.8, 4) is 17.1 Å². The Kier molecular flexibility index (Phi) is 5.50. The highest BCUT2D eigenvalue weighted by Gasteiger charge is 2.34. The molecule has 1 saturated heterocycles. The fourth-order valence-corrected chi connectivity index (χ4v) is 3.42. The van der Waals surface area contributed by atoms with E-state index in [0.717, 1.165) is 18.4 Å². The first-order chi connectivity index (χ1) is 13.6. The largest absolute Gasteiger partial charge is 0.484 e. The van der Waals surface area contributed by atoms with Crippen LogP contribution in [-0.2, 0) is 4.79 Å². The fraction of sp³-hybridized carbons (Fsp3) is 0.250. The van der Waals surface area contributed by atoms with E-state index in [4.69, 9.17) is 32.5 Å². The molecule has 1 aliphatic heterocycles. The molecule has 0 aliphatic carbocycles. The van der Waals surface area contributed by atoms with Crippen LogP contribution in [0.4, 0.5) is 0 Å². The molecule has 8 heteroatoms. The number of carbonyl (C=O) groups excluding carboxylic acids is 1. The number of halogens is 2. The van der Waals surface area contributed by atoms with E-state index in [9.17, 15) is 4.79 Å². The van der Waals surface area contributed by atoms with Crippen LogP contribution in [0, 0.1) is 0 Å². The Morgan fingerprint density at radius 1 is 1.11 bits per heavy atom. The van der Waals surface area contributed by atoms with Crippen molar-refractivity contribution in [3.63, 3.8) is 0 Å². The fourth-order valence-electron chi connectivity index (χ4n) is 3.17. The summed E-state index contributed by atoms with van der Waals surface area (Å²) in [6.45, 7) is 0.572. The number of hydrogen-bond acceptors (Lipinski definition) is 5. The number of aromatic nitrogens is 2. The van der Waals surface area contributed by atoms with Gasteiger partial charge in [-0.15, -0.1) is 0 Å². The van der Waals surface area contributed by atoms with E-state index in [2.05, 4.69) is 10.1 Å². The molecule has 2 aromatic carbocycles. The molecule has 0 bridgehead atoms. The molecule has 0 spiro atoms.